The summed E-state index contributed by atoms with van der Waals surface area (Å²) in [6, 6.07) is 0. The maximum Gasteiger partial charge on any atom is 0.343 e. The van der Waals surface area contributed by atoms with E-state index in [0.717, 1.165) is 67.5 Å². The van der Waals surface area contributed by atoms with Gasteiger partial charge in [-0.15, -0.1) is 5.73 Å². The Labute approximate surface area is 551 Å². The van der Waals surface area contributed by atoms with Gasteiger partial charge in [-0.25, -0.2) is 19.8 Å². The lowest BCUT2D eigenvalue weighted by Gasteiger charge is -2.44. The number of esters is 5. The Bertz CT molecular complexity index is 4010. The van der Waals surface area contributed by atoms with Crippen LogP contribution in [0.2, 0.25) is 0 Å². The molecule has 10 rings (SSSR count). The van der Waals surface area contributed by atoms with Gasteiger partial charge in [0.1, 0.15) is 40.8 Å². The maximum atomic E-state index is 15.5. The first-order chi connectivity index (χ1) is 44.4. The van der Waals surface area contributed by atoms with Crippen molar-refractivity contribution in [3.63, 3.8) is 0 Å². The molecule has 0 aromatic heterocycles. The first-order valence-corrected chi connectivity index (χ1v) is 32.5. The minimum absolute atomic E-state index is 0.00676. The standard InChI is InChI=1S/C77H88N4O13/c1-17-53-44(5)56-35-58-46(7)55(26-28-63(83)89-15)68(80-58)66-67(70(85)65-47(8)59(81-69(65)66)37-61-54(18-2)45(6)57(79-61)36-60(53)78-56)72(87)93-52-39-74(12,13)77(76(41-52,94-77)31-30-64(84)90-16)32-29-49-34-50(92-71(49)86)33-43(4)24-22-20-19-21-23-42(3)25-27-62-73(10,11)38-51(91-48(9)82)40-75(62,14)88/h17,19-25,29,32-37,46,51-52,55,67,80,85,88H,1,18,26,28,30-31,38-41H2,2-16H3/b21-19+,22-20+,32-29+,42-23+,43-24+,50-33+,58-35?,60-36?,61-37?,68-66?/t27?,46-,51-,52-,55-,67+,75+,76-,77+/m0/s1. The van der Waals surface area contributed by atoms with E-state index in [1.165, 1.54) is 21.1 Å². The number of fused-ring (bicyclic) bond motifs is 6. The summed E-state index contributed by atoms with van der Waals surface area (Å²) >= 11 is 0. The van der Waals surface area contributed by atoms with Crippen LogP contribution >= 0.6 is 0 Å². The van der Waals surface area contributed by atoms with Crippen LogP contribution in [0.25, 0.3) is 0 Å². The summed E-state index contributed by atoms with van der Waals surface area (Å²) in [5, 5.41) is 27.7. The highest BCUT2D eigenvalue weighted by Crippen LogP contribution is 2.68. The number of nitrogens with one attached hydrogen (secondary N) is 1. The smallest absolute Gasteiger partial charge is 0.343 e. The molecule has 494 valence electrons. The lowest BCUT2D eigenvalue weighted by molar-refractivity contribution is -0.156. The Morgan fingerprint density at radius 2 is 1.49 bits per heavy atom. The number of ether oxygens (including phenoxy) is 6. The van der Waals surface area contributed by atoms with Gasteiger partial charge < -0.3 is 44.0 Å². The summed E-state index contributed by atoms with van der Waals surface area (Å²) in [7, 11) is 2.68. The fourth-order valence-electron chi connectivity index (χ4n) is 15.4. The second kappa shape index (κ2) is 26.2. The fraction of sp³-hybridized carbons (Fsp3) is 0.442. The quantitative estimate of drug-likeness (QED) is 0.0381. The predicted molar refractivity (Wildman–Crippen MR) is 361 cm³/mol. The third-order valence-electron chi connectivity index (χ3n) is 20.1. The highest BCUT2D eigenvalue weighted by atomic mass is 16.6. The van der Waals surface area contributed by atoms with Gasteiger partial charge >= 0.3 is 29.8 Å². The fourth-order valence-corrected chi connectivity index (χ4v) is 15.4. The largest absolute Gasteiger partial charge is 0.510 e. The van der Waals surface area contributed by atoms with Crippen molar-refractivity contribution in [2.24, 2.45) is 43.6 Å². The zero-order valence-corrected chi connectivity index (χ0v) is 56.8. The van der Waals surface area contributed by atoms with Crippen molar-refractivity contribution in [1.29, 1.82) is 0 Å². The van der Waals surface area contributed by atoms with E-state index >= 15 is 4.79 Å². The molecular weight excluding hydrogens is 1190 g/mol. The number of aliphatic imine (C=N–C) groups is 3. The van der Waals surface area contributed by atoms with E-state index < -0.39 is 57.6 Å². The van der Waals surface area contributed by atoms with E-state index in [0.29, 0.717) is 77.3 Å². The van der Waals surface area contributed by atoms with Crippen molar-refractivity contribution in [3.05, 3.63) is 205 Å². The molecule has 0 amide bonds. The molecule has 10 aliphatic rings. The summed E-state index contributed by atoms with van der Waals surface area (Å²) in [6.07, 6.45) is 29.6. The minimum Gasteiger partial charge on any atom is -0.510 e. The molecule has 0 spiro atoms. The summed E-state index contributed by atoms with van der Waals surface area (Å²) in [5.74, 6) is -4.20. The van der Waals surface area contributed by atoms with Crippen molar-refractivity contribution in [2.75, 3.05) is 14.2 Å². The number of cyclic esters (lactones) is 1. The third-order valence-corrected chi connectivity index (χ3v) is 20.1. The molecule has 17 nitrogen and oxygen atoms in total. The monoisotopic (exact) mass is 1280 g/mol. The van der Waals surface area contributed by atoms with Crippen LogP contribution in [0.5, 0.6) is 0 Å². The van der Waals surface area contributed by atoms with Gasteiger partial charge in [0.15, 0.2) is 0 Å². The molecule has 3 N–H and O–H groups in total. The molecule has 3 aliphatic carbocycles. The van der Waals surface area contributed by atoms with Crippen LogP contribution in [-0.2, 0) is 52.4 Å². The van der Waals surface area contributed by atoms with Gasteiger partial charge in [-0.05, 0) is 161 Å². The molecule has 94 heavy (non-hydrogen) atoms. The molecule has 2 saturated carbocycles. The molecule has 0 unspecified atom stereocenters. The van der Waals surface area contributed by atoms with Crippen LogP contribution in [0.4, 0.5) is 0 Å². The van der Waals surface area contributed by atoms with Crippen molar-refractivity contribution >= 4 is 47.0 Å². The zero-order valence-electron chi connectivity index (χ0n) is 56.8. The van der Waals surface area contributed by atoms with Gasteiger partial charge in [0.2, 0.25) is 0 Å². The molecule has 2 saturated heterocycles. The SMILES string of the molecule is C=CC1=C(C)C2=NC1=CC1=NC(=CC3=C(C)C4=C(O)[C@H](C(=O)O[C@H]5CC(C)(C)[C@@]6(/C=C/C7=CC(=C/C(C)=C/C=C/C=C/C=C(\C)C=C=C8C(C)(C)C[C@H](OC(C)=O)C[C@@]8(C)O)\OC7=O)O[C@@]6(CCC(=O)OC)C5)C(=C5NC(=C2)[C@@H](C)[C@@H]5CCC(=O)OC)C4=N3)C(CC)=C1C. The average Bonchev–Trinajstić information content (AvgIpc) is 1.50. The number of rotatable bonds is 18. The summed E-state index contributed by atoms with van der Waals surface area (Å²) < 4.78 is 35.0. The number of aliphatic hydroxyl groups is 2. The molecule has 7 aliphatic heterocycles. The van der Waals surface area contributed by atoms with Gasteiger partial charge in [0.25, 0.3) is 0 Å². The van der Waals surface area contributed by atoms with Gasteiger partial charge in [-0.2, -0.15) is 0 Å². The van der Waals surface area contributed by atoms with Gasteiger partial charge in [0.05, 0.1) is 59.6 Å². The van der Waals surface area contributed by atoms with E-state index in [4.69, 9.17) is 43.4 Å². The number of aliphatic hydroxyl groups excluding tert-OH is 1. The van der Waals surface area contributed by atoms with E-state index in [1.807, 2.05) is 128 Å². The normalized spacial score (nSPS) is 29.7. The lowest BCUT2D eigenvalue weighted by Crippen LogP contribution is -2.49. The molecule has 0 aromatic carbocycles. The van der Waals surface area contributed by atoms with Crippen LogP contribution in [0, 0.1) is 28.6 Å². The second-order valence-corrected chi connectivity index (χ2v) is 27.7. The van der Waals surface area contributed by atoms with Crippen LogP contribution < -0.4 is 5.32 Å². The van der Waals surface area contributed by atoms with Crippen LogP contribution in [0.3, 0.4) is 0 Å². The van der Waals surface area contributed by atoms with Gasteiger partial charge in [-0.1, -0.05) is 90.7 Å². The van der Waals surface area contributed by atoms with Gasteiger partial charge in [-0.3, -0.25) is 19.2 Å². The molecule has 0 aromatic rings. The van der Waals surface area contributed by atoms with E-state index in [-0.39, 0.29) is 61.3 Å². The summed E-state index contributed by atoms with van der Waals surface area (Å²) in [4.78, 5) is 82.0. The number of allylic oxidation sites excluding steroid dienone is 21. The zero-order chi connectivity index (χ0) is 68.1. The highest BCUT2D eigenvalue weighted by Gasteiger charge is 2.77. The number of carbonyl (C=O) groups is 5. The second-order valence-electron chi connectivity index (χ2n) is 27.7. The number of nitrogens with zero attached hydrogens (tertiary/aromatic N) is 3. The Morgan fingerprint density at radius 1 is 0.819 bits per heavy atom. The van der Waals surface area contributed by atoms with Crippen LogP contribution in [0.1, 0.15) is 148 Å². The Kier molecular flexibility index (Phi) is 19.0. The number of carbonyl (C=O) groups excluding carboxylic acids is 5. The third kappa shape index (κ3) is 13.0. The topological polar surface area (TPSA) is 234 Å². The molecule has 7 heterocycles. The Balaban J connectivity index is 0.907. The molecule has 4 fully saturated rings. The molecular formula is C77H88N4O13. The maximum absolute atomic E-state index is 15.5. The van der Waals surface area contributed by atoms with Crippen LogP contribution in [-0.4, -0.2) is 100 Å². The number of methoxy groups -OCH3 is 2. The molecule has 17 heteroatoms. The molecule has 8 atom stereocenters. The Hall–Kier alpha value is -8.76. The predicted octanol–water partition coefficient (Wildman–Crippen LogP) is 13.7. The highest BCUT2D eigenvalue weighted by molar-refractivity contribution is 6.24. The average molecular weight is 1280 g/mol. The minimum atomic E-state index is -1.32. The van der Waals surface area contributed by atoms with Crippen LogP contribution in [0.15, 0.2) is 220 Å². The Morgan fingerprint density at radius 3 is 2.16 bits per heavy atom. The van der Waals surface area contributed by atoms with Crippen molar-refractivity contribution < 1.29 is 62.6 Å². The summed E-state index contributed by atoms with van der Waals surface area (Å²) in [5.41, 5.74) is 12.6. The molecule has 8 bridgehead atoms. The van der Waals surface area contributed by atoms with Crippen molar-refractivity contribution in [1.82, 2.24) is 5.32 Å². The van der Waals surface area contributed by atoms with Crippen molar-refractivity contribution in [2.45, 2.75) is 177 Å². The summed E-state index contributed by atoms with van der Waals surface area (Å²) in [6.45, 7) is 29.3. The van der Waals surface area contributed by atoms with E-state index in [9.17, 15) is 29.4 Å². The van der Waals surface area contributed by atoms with E-state index in [1.54, 1.807) is 25.2 Å². The first kappa shape index (κ1) is 68.1. The number of epoxide rings is 1. The van der Waals surface area contributed by atoms with Gasteiger partial charge in [0, 0.05) is 83.5 Å². The first-order valence-electron chi connectivity index (χ1n) is 32.5. The lowest BCUT2D eigenvalue weighted by atomic mass is 9.61. The molecule has 0 radical (unpaired) electrons. The van der Waals surface area contributed by atoms with Crippen molar-refractivity contribution in [3.8, 4) is 0 Å². The number of hydrogen-bond donors (Lipinski definition) is 3. The number of hydrogen-bond acceptors (Lipinski definition) is 17. The van der Waals surface area contributed by atoms with E-state index in [2.05, 4.69) is 38.4 Å².